The van der Waals surface area contributed by atoms with E-state index in [4.69, 9.17) is 19.6 Å². The summed E-state index contributed by atoms with van der Waals surface area (Å²) in [6.07, 6.45) is 0.601. The van der Waals surface area contributed by atoms with Crippen molar-refractivity contribution in [1.82, 2.24) is 4.67 Å². The smallest absolute Gasteiger partial charge is 0.259 e. The maximum Gasteiger partial charge on any atom is 0.259 e. The number of hydrogen-bond acceptors (Lipinski definition) is 5. The Morgan fingerprint density at radius 2 is 1.25 bits per heavy atom. The molecule has 0 saturated heterocycles. The van der Waals surface area contributed by atoms with Gasteiger partial charge >= 0.3 is 0 Å². The Balaban J connectivity index is 5.01. The lowest BCUT2D eigenvalue weighted by molar-refractivity contribution is 0.0407. The second-order valence-electron chi connectivity index (χ2n) is 5.75. The van der Waals surface area contributed by atoms with E-state index in [9.17, 15) is 0 Å². The summed E-state index contributed by atoms with van der Waals surface area (Å²) in [6, 6.07) is 4.27. The van der Waals surface area contributed by atoms with Gasteiger partial charge < -0.3 is 9.05 Å². The van der Waals surface area contributed by atoms with Crippen LogP contribution in [0.5, 0.6) is 0 Å². The lowest BCUT2D eigenvalue weighted by Gasteiger charge is -2.37. The van der Waals surface area contributed by atoms with Crippen LogP contribution >= 0.6 is 8.53 Å². The molecule has 0 aliphatic heterocycles. The summed E-state index contributed by atoms with van der Waals surface area (Å²) in [5.41, 5.74) is -1.13. The lowest BCUT2D eigenvalue weighted by Crippen LogP contribution is -2.32. The Labute approximate surface area is 124 Å². The minimum atomic E-state index is -1.29. The van der Waals surface area contributed by atoms with Crippen molar-refractivity contribution in [3.05, 3.63) is 0 Å². The van der Waals surface area contributed by atoms with Crippen LogP contribution < -0.4 is 0 Å². The number of nitrogens with zero attached hydrogens (tertiary/aromatic N) is 3. The van der Waals surface area contributed by atoms with Gasteiger partial charge in [0, 0.05) is 13.1 Å². The topological polar surface area (TPSA) is 69.3 Å². The van der Waals surface area contributed by atoms with E-state index in [1.165, 1.54) is 0 Å². The van der Waals surface area contributed by atoms with Gasteiger partial charge in [0.2, 0.25) is 0 Å². The number of rotatable bonds is 9. The second kappa shape index (κ2) is 8.55. The van der Waals surface area contributed by atoms with Gasteiger partial charge in [0.05, 0.1) is 36.2 Å². The van der Waals surface area contributed by atoms with Crippen molar-refractivity contribution in [3.8, 4) is 12.1 Å². The fourth-order valence-electron chi connectivity index (χ4n) is 1.46. The average Bonchev–Trinajstić information content (AvgIpc) is 2.28. The first-order valence-electron chi connectivity index (χ1n) is 6.88. The van der Waals surface area contributed by atoms with Crippen molar-refractivity contribution in [2.24, 2.45) is 0 Å². The summed E-state index contributed by atoms with van der Waals surface area (Å²) in [5.74, 6) is 0. The summed E-state index contributed by atoms with van der Waals surface area (Å²) < 4.78 is 14.2. The van der Waals surface area contributed by atoms with Gasteiger partial charge in [0.25, 0.3) is 8.53 Å². The quantitative estimate of drug-likeness (QED) is 0.602. The van der Waals surface area contributed by atoms with Crippen LogP contribution in [0.1, 0.15) is 54.4 Å². The van der Waals surface area contributed by atoms with Crippen LogP contribution in [0.2, 0.25) is 0 Å². The Morgan fingerprint density at radius 3 is 1.50 bits per heavy atom. The van der Waals surface area contributed by atoms with Crippen molar-refractivity contribution < 1.29 is 9.05 Å². The number of nitriles is 2. The molecule has 6 heteroatoms. The molecule has 0 aliphatic rings. The minimum absolute atomic E-state index is 0.301. The van der Waals surface area contributed by atoms with E-state index >= 15 is 0 Å². The predicted octanol–water partition coefficient (Wildman–Crippen LogP) is 3.97. The molecular formula is C14H26N3O2P. The molecule has 0 aromatic heterocycles. The van der Waals surface area contributed by atoms with Gasteiger partial charge in [-0.3, -0.25) is 0 Å². The third kappa shape index (κ3) is 7.17. The van der Waals surface area contributed by atoms with Crippen LogP contribution in [0.4, 0.5) is 0 Å². The van der Waals surface area contributed by atoms with Gasteiger partial charge in [-0.05, 0) is 27.7 Å². The minimum Gasteiger partial charge on any atom is -0.315 e. The molecule has 0 fully saturated rings. The highest BCUT2D eigenvalue weighted by Gasteiger charge is 2.33. The van der Waals surface area contributed by atoms with Gasteiger partial charge in [0.1, 0.15) is 0 Å². The molecule has 0 unspecified atom stereocenters. The van der Waals surface area contributed by atoms with E-state index in [2.05, 4.69) is 16.8 Å². The molecule has 0 heterocycles. The van der Waals surface area contributed by atoms with Crippen LogP contribution in [0.25, 0.3) is 0 Å². The van der Waals surface area contributed by atoms with Gasteiger partial charge in [-0.25, -0.2) is 4.67 Å². The zero-order chi connectivity index (χ0) is 15.8. The Kier molecular flexibility index (Phi) is 8.25. The average molecular weight is 299 g/mol. The van der Waals surface area contributed by atoms with E-state index in [-0.39, 0.29) is 0 Å². The third-order valence-electron chi connectivity index (χ3n) is 2.62. The first kappa shape index (κ1) is 19.3. The summed E-state index contributed by atoms with van der Waals surface area (Å²) in [4.78, 5) is 0. The molecule has 0 aliphatic carbocycles. The third-order valence-corrected chi connectivity index (χ3v) is 4.95. The molecule has 0 atom stereocenters. The van der Waals surface area contributed by atoms with Crippen molar-refractivity contribution in [1.29, 1.82) is 10.5 Å². The van der Waals surface area contributed by atoms with Crippen molar-refractivity contribution in [2.45, 2.75) is 65.6 Å². The first-order valence-corrected chi connectivity index (χ1v) is 8.01. The molecular weight excluding hydrogens is 273 g/mol. The number of hydrogen-bond donors (Lipinski definition) is 0. The first-order chi connectivity index (χ1) is 9.21. The van der Waals surface area contributed by atoms with Gasteiger partial charge in [-0.1, -0.05) is 13.8 Å². The summed E-state index contributed by atoms with van der Waals surface area (Å²) in [6.45, 7) is 13.2. The molecule has 0 N–H and O–H groups in total. The highest BCUT2D eigenvalue weighted by molar-refractivity contribution is 7.44. The van der Waals surface area contributed by atoms with E-state index in [0.717, 1.165) is 13.1 Å². The summed E-state index contributed by atoms with van der Waals surface area (Å²) >= 11 is 0. The molecule has 20 heavy (non-hydrogen) atoms. The fraction of sp³-hybridized carbons (Fsp3) is 0.857. The van der Waals surface area contributed by atoms with E-state index in [0.29, 0.717) is 12.8 Å². The summed E-state index contributed by atoms with van der Waals surface area (Å²) in [7, 11) is -1.29. The molecule has 0 amide bonds. The van der Waals surface area contributed by atoms with Crippen LogP contribution in [0.15, 0.2) is 0 Å². The molecule has 0 aromatic rings. The standard InChI is InChI=1S/C14H26N3O2P/c1-7-17(8-2)20(18-13(3,4)9-11-15)19-14(5,6)10-12-16/h7-10H2,1-6H3. The van der Waals surface area contributed by atoms with Crippen LogP contribution in [-0.2, 0) is 9.05 Å². The van der Waals surface area contributed by atoms with E-state index < -0.39 is 19.7 Å². The van der Waals surface area contributed by atoms with Crippen molar-refractivity contribution >= 4 is 8.53 Å². The molecule has 114 valence electrons. The molecule has 0 bridgehead atoms. The predicted molar refractivity (Wildman–Crippen MR) is 80.6 cm³/mol. The summed E-state index contributed by atoms with van der Waals surface area (Å²) in [5, 5.41) is 17.7. The van der Waals surface area contributed by atoms with Crippen LogP contribution in [0, 0.1) is 22.7 Å². The zero-order valence-corrected chi connectivity index (χ0v) is 14.3. The van der Waals surface area contributed by atoms with Crippen molar-refractivity contribution in [3.63, 3.8) is 0 Å². The molecule has 0 radical (unpaired) electrons. The van der Waals surface area contributed by atoms with Gasteiger partial charge in [-0.2, -0.15) is 10.5 Å². The SMILES string of the molecule is CCN(CC)P(OC(C)(C)CC#N)OC(C)(C)CC#N. The molecule has 0 saturated carbocycles. The maximum absolute atomic E-state index is 8.86. The Bertz CT molecular complexity index is 338. The largest absolute Gasteiger partial charge is 0.315 e. The normalized spacial score (nSPS) is 12.5. The fourth-order valence-corrected chi connectivity index (χ4v) is 3.16. The Hall–Kier alpha value is -0.710. The second-order valence-corrected chi connectivity index (χ2v) is 7.15. The van der Waals surface area contributed by atoms with Crippen molar-refractivity contribution in [2.75, 3.05) is 13.1 Å². The van der Waals surface area contributed by atoms with E-state index in [1.807, 2.05) is 41.5 Å². The monoisotopic (exact) mass is 299 g/mol. The highest BCUT2D eigenvalue weighted by Crippen LogP contribution is 2.50. The highest BCUT2D eigenvalue weighted by atomic mass is 31.2. The van der Waals surface area contributed by atoms with E-state index in [1.54, 1.807) is 0 Å². The van der Waals surface area contributed by atoms with Crippen LogP contribution in [-0.4, -0.2) is 29.0 Å². The molecule has 5 nitrogen and oxygen atoms in total. The Morgan fingerprint density at radius 1 is 0.900 bits per heavy atom. The van der Waals surface area contributed by atoms with Crippen LogP contribution in [0.3, 0.4) is 0 Å². The lowest BCUT2D eigenvalue weighted by atomic mass is 10.1. The molecule has 0 rings (SSSR count). The maximum atomic E-state index is 8.86. The molecule has 0 spiro atoms. The van der Waals surface area contributed by atoms with Gasteiger partial charge in [-0.15, -0.1) is 0 Å². The molecule has 0 aromatic carbocycles. The zero-order valence-electron chi connectivity index (χ0n) is 13.4. The van der Waals surface area contributed by atoms with Gasteiger partial charge in [0.15, 0.2) is 0 Å².